The number of aromatic nitrogens is 1. The number of amides is 1. The predicted octanol–water partition coefficient (Wildman–Crippen LogP) is 4.46. The molecule has 1 aliphatic heterocycles. The van der Waals surface area contributed by atoms with Gasteiger partial charge >= 0.3 is 0 Å². The van der Waals surface area contributed by atoms with E-state index in [0.29, 0.717) is 5.69 Å². The third-order valence-corrected chi connectivity index (χ3v) is 5.42. The van der Waals surface area contributed by atoms with E-state index in [1.54, 1.807) is 11.3 Å². The van der Waals surface area contributed by atoms with Crippen molar-refractivity contribution in [2.45, 2.75) is 12.8 Å². The van der Waals surface area contributed by atoms with Gasteiger partial charge in [0.15, 0.2) is 0 Å². The Morgan fingerprint density at radius 1 is 1.18 bits per heavy atom. The SMILES string of the molecule is O=C(c1csc(-c2ccsc2)n1)N1CCCc2ccccc21. The topological polar surface area (TPSA) is 33.2 Å². The molecule has 5 heteroatoms. The number of fused-ring (bicyclic) bond motifs is 1. The van der Waals surface area contributed by atoms with Gasteiger partial charge in [-0.2, -0.15) is 11.3 Å². The largest absolute Gasteiger partial charge is 0.307 e. The number of thiazole rings is 1. The molecule has 0 N–H and O–H groups in total. The molecule has 0 unspecified atom stereocenters. The second-order valence-electron chi connectivity index (χ2n) is 5.24. The fraction of sp³-hybridized carbons (Fsp3) is 0.176. The first-order chi connectivity index (χ1) is 10.8. The number of nitrogens with zero attached hydrogens (tertiary/aromatic N) is 2. The summed E-state index contributed by atoms with van der Waals surface area (Å²) in [6.07, 6.45) is 2.04. The van der Waals surface area contributed by atoms with E-state index in [1.165, 1.54) is 16.9 Å². The molecule has 1 aromatic carbocycles. The van der Waals surface area contributed by atoms with Crippen molar-refractivity contribution >= 4 is 34.3 Å². The van der Waals surface area contributed by atoms with Crippen LogP contribution in [0.2, 0.25) is 0 Å². The quantitative estimate of drug-likeness (QED) is 0.696. The zero-order valence-corrected chi connectivity index (χ0v) is 13.5. The van der Waals surface area contributed by atoms with Gasteiger partial charge in [0.2, 0.25) is 0 Å². The van der Waals surface area contributed by atoms with Gasteiger partial charge in [-0.1, -0.05) is 18.2 Å². The van der Waals surface area contributed by atoms with E-state index in [1.807, 2.05) is 39.9 Å². The molecule has 0 saturated heterocycles. The normalized spacial score (nSPS) is 13.9. The lowest BCUT2D eigenvalue weighted by molar-refractivity contribution is 0.0981. The van der Waals surface area contributed by atoms with Gasteiger partial charge < -0.3 is 4.90 Å². The van der Waals surface area contributed by atoms with Crippen LogP contribution in [0.25, 0.3) is 10.6 Å². The Labute approximate surface area is 136 Å². The molecule has 3 nitrogen and oxygen atoms in total. The molecular formula is C17H14N2OS2. The first-order valence-corrected chi connectivity index (χ1v) is 9.03. The summed E-state index contributed by atoms with van der Waals surface area (Å²) in [5, 5.41) is 6.87. The number of para-hydroxylation sites is 1. The minimum atomic E-state index is 0.00452. The molecule has 1 amide bonds. The van der Waals surface area contributed by atoms with E-state index >= 15 is 0 Å². The van der Waals surface area contributed by atoms with Crippen molar-refractivity contribution in [3.8, 4) is 10.6 Å². The summed E-state index contributed by atoms with van der Waals surface area (Å²) in [4.78, 5) is 19.2. The number of hydrogen-bond acceptors (Lipinski definition) is 4. The van der Waals surface area contributed by atoms with Crippen molar-refractivity contribution in [1.29, 1.82) is 0 Å². The van der Waals surface area contributed by atoms with Gasteiger partial charge in [0, 0.05) is 28.6 Å². The van der Waals surface area contributed by atoms with Crippen LogP contribution in [0.1, 0.15) is 22.5 Å². The number of carbonyl (C=O) groups excluding carboxylic acids is 1. The van der Waals surface area contributed by atoms with E-state index in [4.69, 9.17) is 0 Å². The van der Waals surface area contributed by atoms with Crippen LogP contribution in [0.3, 0.4) is 0 Å². The van der Waals surface area contributed by atoms with Crippen molar-refractivity contribution in [3.05, 3.63) is 57.7 Å². The molecule has 0 radical (unpaired) electrons. The third kappa shape index (κ3) is 2.36. The summed E-state index contributed by atoms with van der Waals surface area (Å²) >= 11 is 3.17. The molecule has 2 aromatic heterocycles. The number of aryl methyl sites for hydroxylation is 1. The summed E-state index contributed by atoms with van der Waals surface area (Å²) in [6, 6.07) is 10.2. The maximum absolute atomic E-state index is 12.8. The van der Waals surface area contributed by atoms with Crippen molar-refractivity contribution in [2.75, 3.05) is 11.4 Å². The van der Waals surface area contributed by atoms with Crippen molar-refractivity contribution < 1.29 is 4.79 Å². The molecule has 4 rings (SSSR count). The van der Waals surface area contributed by atoms with E-state index in [2.05, 4.69) is 16.4 Å². The number of carbonyl (C=O) groups is 1. The molecule has 0 atom stereocenters. The molecule has 0 aliphatic carbocycles. The van der Waals surface area contributed by atoms with Gasteiger partial charge in [0.25, 0.3) is 5.91 Å². The predicted molar refractivity (Wildman–Crippen MR) is 91.9 cm³/mol. The molecule has 1 aliphatic rings. The Morgan fingerprint density at radius 3 is 2.95 bits per heavy atom. The number of benzene rings is 1. The monoisotopic (exact) mass is 326 g/mol. The highest BCUT2D eigenvalue weighted by Crippen LogP contribution is 2.30. The van der Waals surface area contributed by atoms with Gasteiger partial charge in [0.05, 0.1) is 0 Å². The summed E-state index contributed by atoms with van der Waals surface area (Å²) in [5.41, 5.74) is 3.91. The van der Waals surface area contributed by atoms with Crippen molar-refractivity contribution in [3.63, 3.8) is 0 Å². The summed E-state index contributed by atoms with van der Waals surface area (Å²) in [7, 11) is 0. The van der Waals surface area contributed by atoms with Crippen LogP contribution in [0, 0.1) is 0 Å². The Bertz CT molecular complexity index is 808. The molecule has 3 aromatic rings. The van der Waals surface area contributed by atoms with E-state index in [0.717, 1.165) is 35.6 Å². The highest BCUT2D eigenvalue weighted by Gasteiger charge is 2.25. The maximum atomic E-state index is 12.8. The molecule has 3 heterocycles. The average Bonchev–Trinajstić information content (AvgIpc) is 3.24. The number of hydrogen-bond donors (Lipinski definition) is 0. The second-order valence-corrected chi connectivity index (χ2v) is 6.88. The van der Waals surface area contributed by atoms with Crippen LogP contribution >= 0.6 is 22.7 Å². The fourth-order valence-corrected chi connectivity index (χ4v) is 4.28. The molecule has 0 fully saturated rings. The van der Waals surface area contributed by atoms with Crippen LogP contribution in [0.15, 0.2) is 46.5 Å². The smallest absolute Gasteiger partial charge is 0.277 e. The van der Waals surface area contributed by atoms with Gasteiger partial charge in [0.1, 0.15) is 10.7 Å². The van der Waals surface area contributed by atoms with Crippen molar-refractivity contribution in [1.82, 2.24) is 4.98 Å². The van der Waals surface area contributed by atoms with Gasteiger partial charge in [-0.05, 0) is 35.9 Å². The number of thiophene rings is 1. The first kappa shape index (κ1) is 13.7. The van der Waals surface area contributed by atoms with Crippen LogP contribution in [0.4, 0.5) is 5.69 Å². The standard InChI is InChI=1S/C17H14N2OS2/c20-17(14-11-22-16(18-14)13-7-9-21-10-13)19-8-3-5-12-4-1-2-6-15(12)19/h1-2,4,6-7,9-11H,3,5,8H2. The van der Waals surface area contributed by atoms with Crippen LogP contribution in [0.5, 0.6) is 0 Å². The highest BCUT2D eigenvalue weighted by molar-refractivity contribution is 7.14. The molecule has 110 valence electrons. The lowest BCUT2D eigenvalue weighted by atomic mass is 10.0. The lowest BCUT2D eigenvalue weighted by Crippen LogP contribution is -2.35. The zero-order chi connectivity index (χ0) is 14.9. The number of anilines is 1. The summed E-state index contributed by atoms with van der Waals surface area (Å²) < 4.78 is 0. The summed E-state index contributed by atoms with van der Waals surface area (Å²) in [6.45, 7) is 0.765. The Balaban J connectivity index is 1.66. The lowest BCUT2D eigenvalue weighted by Gasteiger charge is -2.28. The Morgan fingerprint density at radius 2 is 2.09 bits per heavy atom. The van der Waals surface area contributed by atoms with Crippen LogP contribution in [-0.2, 0) is 6.42 Å². The fourth-order valence-electron chi connectivity index (χ4n) is 2.77. The van der Waals surface area contributed by atoms with Gasteiger partial charge in [-0.15, -0.1) is 11.3 Å². The first-order valence-electron chi connectivity index (χ1n) is 7.21. The van der Waals surface area contributed by atoms with E-state index in [-0.39, 0.29) is 5.91 Å². The van der Waals surface area contributed by atoms with Gasteiger partial charge in [-0.25, -0.2) is 4.98 Å². The number of rotatable bonds is 2. The molecule has 0 spiro atoms. The van der Waals surface area contributed by atoms with Crippen molar-refractivity contribution in [2.24, 2.45) is 0 Å². The highest BCUT2D eigenvalue weighted by atomic mass is 32.1. The van der Waals surface area contributed by atoms with Crippen LogP contribution < -0.4 is 4.90 Å². The second kappa shape index (κ2) is 5.66. The molecule has 0 bridgehead atoms. The zero-order valence-electron chi connectivity index (χ0n) is 11.9. The molecule has 0 saturated carbocycles. The Kier molecular flexibility index (Phi) is 3.52. The minimum absolute atomic E-state index is 0.00452. The van der Waals surface area contributed by atoms with E-state index < -0.39 is 0 Å². The molecular weight excluding hydrogens is 312 g/mol. The van der Waals surface area contributed by atoms with E-state index in [9.17, 15) is 4.79 Å². The Hall–Kier alpha value is -1.98. The maximum Gasteiger partial charge on any atom is 0.277 e. The minimum Gasteiger partial charge on any atom is -0.307 e. The van der Waals surface area contributed by atoms with Crippen LogP contribution in [-0.4, -0.2) is 17.4 Å². The third-order valence-electron chi connectivity index (χ3n) is 3.85. The average molecular weight is 326 g/mol. The van der Waals surface area contributed by atoms with Gasteiger partial charge in [-0.3, -0.25) is 4.79 Å². The summed E-state index contributed by atoms with van der Waals surface area (Å²) in [5.74, 6) is 0.00452. The molecule has 22 heavy (non-hydrogen) atoms.